The summed E-state index contributed by atoms with van der Waals surface area (Å²) in [6, 6.07) is 3.67. The van der Waals surface area contributed by atoms with Gasteiger partial charge in [0.2, 0.25) is 6.41 Å². The zero-order valence-electron chi connectivity index (χ0n) is 8.18. The average molecular weight is 224 g/mol. The van der Waals surface area contributed by atoms with E-state index in [1.54, 1.807) is 4.90 Å². The molecule has 1 fully saturated rings. The first kappa shape index (κ1) is 10.2. The SMILES string of the molecule is O=CNC1CCCN1C(=O)c1cccs1. The standard InChI is InChI=1S/C10H12N2O2S/c13-7-11-9-4-1-5-12(9)10(14)8-3-2-6-15-8/h2-3,6-7,9H,1,4-5H2,(H,11,13). The number of amides is 2. The van der Waals surface area contributed by atoms with E-state index in [9.17, 15) is 9.59 Å². The summed E-state index contributed by atoms with van der Waals surface area (Å²) >= 11 is 1.43. The van der Waals surface area contributed by atoms with E-state index < -0.39 is 0 Å². The Kier molecular flexibility index (Phi) is 3.01. The van der Waals surface area contributed by atoms with E-state index in [2.05, 4.69) is 5.32 Å². The minimum absolute atomic E-state index is 0.0156. The lowest BCUT2D eigenvalue weighted by Gasteiger charge is -2.23. The molecule has 0 saturated carbocycles. The first-order valence-electron chi connectivity index (χ1n) is 4.87. The molecule has 4 nitrogen and oxygen atoms in total. The number of nitrogens with one attached hydrogen (secondary N) is 1. The van der Waals surface area contributed by atoms with Crippen molar-refractivity contribution in [1.29, 1.82) is 0 Å². The van der Waals surface area contributed by atoms with E-state index in [0.29, 0.717) is 6.41 Å². The van der Waals surface area contributed by atoms with Gasteiger partial charge in [0, 0.05) is 6.54 Å². The Balaban J connectivity index is 2.09. The lowest BCUT2D eigenvalue weighted by molar-refractivity contribution is -0.110. The van der Waals surface area contributed by atoms with Gasteiger partial charge in [0.15, 0.2) is 0 Å². The Morgan fingerprint density at radius 3 is 3.20 bits per heavy atom. The molecule has 1 aromatic rings. The Morgan fingerprint density at radius 1 is 1.67 bits per heavy atom. The number of nitrogens with zero attached hydrogens (tertiary/aromatic N) is 1. The number of likely N-dealkylation sites (tertiary alicyclic amines) is 1. The van der Waals surface area contributed by atoms with Gasteiger partial charge in [-0.1, -0.05) is 6.07 Å². The summed E-state index contributed by atoms with van der Waals surface area (Å²) in [6.07, 6.45) is 2.32. The first-order valence-corrected chi connectivity index (χ1v) is 5.75. The molecule has 1 aliphatic rings. The van der Waals surface area contributed by atoms with Gasteiger partial charge in [-0.05, 0) is 24.3 Å². The second-order valence-corrected chi connectivity index (χ2v) is 4.37. The molecule has 1 aromatic heterocycles. The molecular formula is C10H12N2O2S. The van der Waals surface area contributed by atoms with Gasteiger partial charge in [0.1, 0.15) is 6.17 Å². The fourth-order valence-electron chi connectivity index (χ4n) is 1.80. The predicted octanol–water partition coefficient (Wildman–Crippen LogP) is 1.06. The molecule has 0 radical (unpaired) electrons. The molecule has 1 unspecified atom stereocenters. The van der Waals surface area contributed by atoms with Gasteiger partial charge in [-0.25, -0.2) is 0 Å². The molecule has 2 rings (SSSR count). The fourth-order valence-corrected chi connectivity index (χ4v) is 2.48. The molecule has 1 saturated heterocycles. The molecule has 80 valence electrons. The monoisotopic (exact) mass is 224 g/mol. The van der Waals surface area contributed by atoms with Gasteiger partial charge in [-0.2, -0.15) is 0 Å². The van der Waals surface area contributed by atoms with Crippen molar-refractivity contribution in [3.63, 3.8) is 0 Å². The van der Waals surface area contributed by atoms with Crippen molar-refractivity contribution < 1.29 is 9.59 Å². The van der Waals surface area contributed by atoms with Gasteiger partial charge >= 0.3 is 0 Å². The quantitative estimate of drug-likeness (QED) is 0.780. The van der Waals surface area contributed by atoms with Gasteiger partial charge in [-0.15, -0.1) is 11.3 Å². The van der Waals surface area contributed by atoms with E-state index in [0.717, 1.165) is 24.3 Å². The highest BCUT2D eigenvalue weighted by molar-refractivity contribution is 7.12. The maximum absolute atomic E-state index is 12.0. The summed E-state index contributed by atoms with van der Waals surface area (Å²) in [5.74, 6) is 0.0156. The average Bonchev–Trinajstić information content (AvgIpc) is 2.87. The minimum Gasteiger partial charge on any atom is -0.338 e. The van der Waals surface area contributed by atoms with Crippen LogP contribution in [-0.4, -0.2) is 29.9 Å². The molecule has 2 heterocycles. The van der Waals surface area contributed by atoms with Crippen LogP contribution < -0.4 is 5.32 Å². The van der Waals surface area contributed by atoms with Crippen LogP contribution in [0.4, 0.5) is 0 Å². The third-order valence-corrected chi connectivity index (χ3v) is 3.36. The lowest BCUT2D eigenvalue weighted by Crippen LogP contribution is -2.43. The highest BCUT2D eigenvalue weighted by Gasteiger charge is 2.29. The summed E-state index contributed by atoms with van der Waals surface area (Å²) < 4.78 is 0. The molecule has 0 spiro atoms. The topological polar surface area (TPSA) is 49.4 Å². The second kappa shape index (κ2) is 4.44. The molecule has 0 bridgehead atoms. The van der Waals surface area contributed by atoms with Crippen LogP contribution in [0.1, 0.15) is 22.5 Å². The number of thiophene rings is 1. The largest absolute Gasteiger partial charge is 0.338 e. The summed E-state index contributed by atoms with van der Waals surface area (Å²) in [5, 5.41) is 4.55. The molecular weight excluding hydrogens is 212 g/mol. The van der Waals surface area contributed by atoms with E-state index in [-0.39, 0.29) is 12.1 Å². The van der Waals surface area contributed by atoms with Crippen LogP contribution in [-0.2, 0) is 4.79 Å². The molecule has 1 aliphatic heterocycles. The van der Waals surface area contributed by atoms with Crippen LogP contribution in [0.25, 0.3) is 0 Å². The third kappa shape index (κ3) is 2.02. The van der Waals surface area contributed by atoms with E-state index in [1.165, 1.54) is 11.3 Å². The van der Waals surface area contributed by atoms with Crippen LogP contribution in [0, 0.1) is 0 Å². The van der Waals surface area contributed by atoms with Gasteiger partial charge in [-0.3, -0.25) is 9.59 Å². The molecule has 0 aromatic carbocycles. The normalized spacial score (nSPS) is 20.3. The van der Waals surface area contributed by atoms with Crippen LogP contribution in [0.15, 0.2) is 17.5 Å². The van der Waals surface area contributed by atoms with E-state index in [1.807, 2.05) is 17.5 Å². The summed E-state index contributed by atoms with van der Waals surface area (Å²) in [4.78, 5) is 24.8. The Hall–Kier alpha value is -1.36. The van der Waals surface area contributed by atoms with Crippen molar-refractivity contribution in [2.45, 2.75) is 19.0 Å². The van der Waals surface area contributed by atoms with Crippen molar-refractivity contribution in [1.82, 2.24) is 10.2 Å². The van der Waals surface area contributed by atoms with Crippen molar-refractivity contribution >= 4 is 23.7 Å². The fraction of sp³-hybridized carbons (Fsp3) is 0.400. The smallest absolute Gasteiger partial charge is 0.265 e. The Bertz CT molecular complexity index is 350. The number of rotatable bonds is 3. The number of carbonyl (C=O) groups is 2. The zero-order valence-corrected chi connectivity index (χ0v) is 9.00. The van der Waals surface area contributed by atoms with Crippen molar-refractivity contribution in [3.05, 3.63) is 22.4 Å². The molecule has 5 heteroatoms. The molecule has 1 N–H and O–H groups in total. The summed E-state index contributed by atoms with van der Waals surface area (Å²) in [7, 11) is 0. The van der Waals surface area contributed by atoms with Crippen molar-refractivity contribution in [3.8, 4) is 0 Å². The highest BCUT2D eigenvalue weighted by atomic mass is 32.1. The maximum atomic E-state index is 12.0. The highest BCUT2D eigenvalue weighted by Crippen LogP contribution is 2.20. The van der Waals surface area contributed by atoms with Gasteiger partial charge in [0.05, 0.1) is 4.88 Å². The second-order valence-electron chi connectivity index (χ2n) is 3.42. The Labute approximate surface area is 91.9 Å². The maximum Gasteiger partial charge on any atom is 0.265 e. The van der Waals surface area contributed by atoms with Gasteiger partial charge in [0.25, 0.3) is 5.91 Å². The van der Waals surface area contributed by atoms with Crippen molar-refractivity contribution in [2.24, 2.45) is 0 Å². The molecule has 2 amide bonds. The van der Waals surface area contributed by atoms with Crippen molar-refractivity contribution in [2.75, 3.05) is 6.54 Å². The van der Waals surface area contributed by atoms with Crippen LogP contribution >= 0.6 is 11.3 Å². The lowest BCUT2D eigenvalue weighted by atomic mass is 10.3. The molecule has 15 heavy (non-hydrogen) atoms. The molecule has 0 aliphatic carbocycles. The Morgan fingerprint density at radius 2 is 2.53 bits per heavy atom. The molecule has 1 atom stereocenters. The van der Waals surface area contributed by atoms with Gasteiger partial charge < -0.3 is 10.2 Å². The van der Waals surface area contributed by atoms with Crippen LogP contribution in [0.3, 0.4) is 0 Å². The first-order chi connectivity index (χ1) is 7.33. The number of carbonyl (C=O) groups excluding carboxylic acids is 2. The van der Waals surface area contributed by atoms with Crippen LogP contribution in [0.2, 0.25) is 0 Å². The van der Waals surface area contributed by atoms with Crippen LogP contribution in [0.5, 0.6) is 0 Å². The predicted molar refractivity (Wildman–Crippen MR) is 57.6 cm³/mol. The summed E-state index contributed by atoms with van der Waals surface area (Å²) in [6.45, 7) is 0.724. The number of hydrogen-bond donors (Lipinski definition) is 1. The zero-order chi connectivity index (χ0) is 10.7. The third-order valence-electron chi connectivity index (χ3n) is 2.51. The minimum atomic E-state index is -0.128. The van der Waals surface area contributed by atoms with E-state index >= 15 is 0 Å². The van der Waals surface area contributed by atoms with E-state index in [4.69, 9.17) is 0 Å². The summed E-state index contributed by atoms with van der Waals surface area (Å²) in [5.41, 5.74) is 0. The number of hydrogen-bond acceptors (Lipinski definition) is 3.